The third kappa shape index (κ3) is 3.17. The molecule has 0 aliphatic heterocycles. The quantitative estimate of drug-likeness (QED) is 0.756. The van der Waals surface area contributed by atoms with Crippen molar-refractivity contribution in [3.63, 3.8) is 0 Å². The van der Waals surface area contributed by atoms with Gasteiger partial charge in [-0.05, 0) is 36.5 Å². The van der Waals surface area contributed by atoms with E-state index in [1.54, 1.807) is 0 Å². The van der Waals surface area contributed by atoms with Gasteiger partial charge in [-0.15, -0.1) is 0 Å². The molecule has 4 heteroatoms. The first-order valence-electron chi connectivity index (χ1n) is 7.39. The summed E-state index contributed by atoms with van der Waals surface area (Å²) in [4.78, 5) is 7.31. The Morgan fingerprint density at radius 3 is 2.67 bits per heavy atom. The predicted octanol–water partition coefficient (Wildman–Crippen LogP) is 2.42. The highest BCUT2D eigenvalue weighted by atomic mass is 79.9. The van der Waals surface area contributed by atoms with Crippen molar-refractivity contribution in [1.29, 1.82) is 0 Å². The monoisotopic (exact) mass is 239 g/mol. The Hall–Kier alpha value is -0.640. The topological polar surface area (TPSA) is 35.0 Å². The number of ether oxygens (including phenoxy) is 1. The molecular formula is C8H11BrN2O. The molecule has 1 rings (SSSR count). The van der Waals surface area contributed by atoms with Crippen molar-refractivity contribution in [2.75, 3.05) is 0 Å². The van der Waals surface area contributed by atoms with Crippen molar-refractivity contribution in [3.05, 3.63) is 17.0 Å². The van der Waals surface area contributed by atoms with Gasteiger partial charge in [0.25, 0.3) is 0 Å². The second-order valence-corrected chi connectivity index (χ2v) is 2.77. The normalized spacial score (nSPS) is 25.6. The summed E-state index contributed by atoms with van der Waals surface area (Å²) in [5.74, 6) is -0.512. The van der Waals surface area contributed by atoms with Crippen molar-refractivity contribution in [2.45, 2.75) is 26.2 Å². The van der Waals surface area contributed by atoms with E-state index in [-0.39, 0.29) is 4.60 Å². The molecule has 0 amide bonds. The van der Waals surface area contributed by atoms with Crippen LogP contribution in [-0.4, -0.2) is 15.6 Å². The van der Waals surface area contributed by atoms with Crippen LogP contribution in [0, 0.1) is 0 Å². The second-order valence-electron chi connectivity index (χ2n) is 1.96. The van der Waals surface area contributed by atoms with Crippen LogP contribution in [0.1, 0.15) is 32.9 Å². The number of rotatable bonds is 1. The molecule has 3 nitrogen and oxygen atoms in total. The molecule has 0 radical (unpaired) electrons. The highest BCUT2D eigenvalue weighted by Crippen LogP contribution is 2.14. The van der Waals surface area contributed by atoms with Gasteiger partial charge in [-0.2, -0.15) is 0 Å². The van der Waals surface area contributed by atoms with Gasteiger partial charge in [0.2, 0.25) is 5.88 Å². The lowest BCUT2D eigenvalue weighted by atomic mass is 10.2. The van der Waals surface area contributed by atoms with E-state index in [4.69, 9.17) is 17.1 Å². The molecule has 0 N–H and O–H groups in total. The minimum absolute atomic E-state index is 0.289. The molecule has 0 saturated heterocycles. The predicted molar refractivity (Wildman–Crippen MR) is 50.1 cm³/mol. The largest absolute Gasteiger partial charge is 0.471 e. The minimum atomic E-state index is -3.45. The van der Waals surface area contributed by atoms with Gasteiger partial charge in [0.05, 0.1) is 12.4 Å². The number of halogens is 1. The molecule has 0 fully saturated rings. The molecule has 0 aliphatic carbocycles. The van der Waals surface area contributed by atoms with Crippen LogP contribution in [0.2, 0.25) is 0 Å². The van der Waals surface area contributed by atoms with Crippen LogP contribution in [0.15, 0.2) is 17.0 Å². The maximum atomic E-state index is 7.37. The van der Waals surface area contributed by atoms with Gasteiger partial charge in [0, 0.05) is 12.3 Å². The average molecular weight is 240 g/mol. The lowest BCUT2D eigenvalue weighted by Crippen LogP contribution is -2.23. The summed E-state index contributed by atoms with van der Waals surface area (Å²) in [6.07, 6.45) is 2.06. The molecule has 0 saturated carbocycles. The summed E-state index contributed by atoms with van der Waals surface area (Å²) in [5, 5.41) is 0. The highest BCUT2D eigenvalue weighted by Gasteiger charge is 2.12. The standard InChI is InChI=1S/C8H11BrN2O/c1-8(2,3)12-7-5-10-6(9)4-11-7/h4-5H,1-3H3/i1D3,2D3,3D3. The molecule has 1 heterocycles. The van der Waals surface area contributed by atoms with Crippen LogP contribution in [0.3, 0.4) is 0 Å². The van der Waals surface area contributed by atoms with Crippen LogP contribution in [0.25, 0.3) is 0 Å². The number of aromatic nitrogens is 2. The van der Waals surface area contributed by atoms with E-state index in [0.29, 0.717) is 0 Å². The molecule has 0 bridgehead atoms. The summed E-state index contributed by atoms with van der Waals surface area (Å²) >= 11 is 2.98. The SMILES string of the molecule is [2H]C([2H])([2H])C(Oc1cnc(Br)cn1)(C([2H])([2H])[2H])C([2H])([2H])[2H]. The van der Waals surface area contributed by atoms with E-state index in [9.17, 15) is 0 Å². The molecule has 0 atom stereocenters. The average Bonchev–Trinajstić information content (AvgIpc) is 2.22. The molecule has 0 unspecified atom stereocenters. The van der Waals surface area contributed by atoms with Gasteiger partial charge in [0.15, 0.2) is 0 Å². The third-order valence-corrected chi connectivity index (χ3v) is 1.26. The fourth-order valence-electron chi connectivity index (χ4n) is 0.510. The Labute approximate surface area is 93.0 Å². The van der Waals surface area contributed by atoms with Crippen LogP contribution < -0.4 is 4.74 Å². The Kier molecular flexibility index (Phi) is 0.831. The molecular weight excluding hydrogens is 220 g/mol. The summed E-state index contributed by atoms with van der Waals surface area (Å²) in [7, 11) is 0. The van der Waals surface area contributed by atoms with Crippen LogP contribution in [0.4, 0.5) is 0 Å². The smallest absolute Gasteiger partial charge is 0.232 e. The van der Waals surface area contributed by atoms with Crippen molar-refractivity contribution in [2.24, 2.45) is 0 Å². The van der Waals surface area contributed by atoms with E-state index in [2.05, 4.69) is 25.9 Å². The first-order valence-corrected chi connectivity index (χ1v) is 3.68. The van der Waals surface area contributed by atoms with Gasteiger partial charge < -0.3 is 4.74 Å². The number of hydrogen-bond donors (Lipinski definition) is 0. The van der Waals surface area contributed by atoms with E-state index < -0.39 is 32.0 Å². The summed E-state index contributed by atoms with van der Waals surface area (Å²) in [6, 6.07) is 0. The van der Waals surface area contributed by atoms with Gasteiger partial charge in [0.1, 0.15) is 10.2 Å². The molecule has 0 aromatic carbocycles. The Bertz CT molecular complexity index is 456. The van der Waals surface area contributed by atoms with E-state index in [1.165, 1.54) is 0 Å². The fraction of sp³-hybridized carbons (Fsp3) is 0.500. The molecule has 0 aliphatic rings. The van der Waals surface area contributed by atoms with Crippen LogP contribution in [-0.2, 0) is 0 Å². The Morgan fingerprint density at radius 2 is 2.17 bits per heavy atom. The van der Waals surface area contributed by atoms with Gasteiger partial charge in [-0.1, -0.05) is 0 Å². The summed E-state index contributed by atoms with van der Waals surface area (Å²) in [6.45, 7) is -10.3. The molecule has 1 aromatic heterocycles. The Balaban J connectivity index is 3.47. The second kappa shape index (κ2) is 3.39. The maximum Gasteiger partial charge on any atom is 0.232 e. The zero-order valence-electron chi connectivity index (χ0n) is 14.8. The van der Waals surface area contributed by atoms with E-state index in [1.807, 2.05) is 0 Å². The summed E-state index contributed by atoms with van der Waals surface area (Å²) < 4.78 is 71.5. The van der Waals surface area contributed by atoms with Crippen molar-refractivity contribution in [3.8, 4) is 5.88 Å². The molecule has 66 valence electrons. The maximum absolute atomic E-state index is 7.37. The van der Waals surface area contributed by atoms with Crippen LogP contribution >= 0.6 is 15.9 Å². The van der Waals surface area contributed by atoms with Crippen molar-refractivity contribution >= 4 is 15.9 Å². The molecule has 0 spiro atoms. The first kappa shape index (κ1) is 2.94. The molecule has 12 heavy (non-hydrogen) atoms. The first-order chi connectivity index (χ1) is 9.22. The van der Waals surface area contributed by atoms with Crippen molar-refractivity contribution < 1.29 is 17.1 Å². The zero-order valence-corrected chi connectivity index (χ0v) is 7.42. The number of nitrogens with zero attached hydrogens (tertiary/aromatic N) is 2. The lowest BCUT2D eigenvalue weighted by molar-refractivity contribution is 0.123. The van der Waals surface area contributed by atoms with Crippen molar-refractivity contribution in [1.82, 2.24) is 9.97 Å². The van der Waals surface area contributed by atoms with Gasteiger partial charge in [-0.3, -0.25) is 0 Å². The van der Waals surface area contributed by atoms with Gasteiger partial charge in [-0.25, -0.2) is 9.97 Å². The lowest BCUT2D eigenvalue weighted by Gasteiger charge is -2.19. The number of hydrogen-bond acceptors (Lipinski definition) is 3. The van der Waals surface area contributed by atoms with Crippen LogP contribution in [0.5, 0.6) is 5.88 Å². The van der Waals surface area contributed by atoms with E-state index >= 15 is 0 Å². The van der Waals surface area contributed by atoms with E-state index in [0.717, 1.165) is 12.4 Å². The van der Waals surface area contributed by atoms with Gasteiger partial charge >= 0.3 is 0 Å². The minimum Gasteiger partial charge on any atom is -0.471 e. The molecule has 1 aromatic rings. The fourth-order valence-corrected chi connectivity index (χ4v) is 0.715. The highest BCUT2D eigenvalue weighted by molar-refractivity contribution is 9.10. The zero-order chi connectivity index (χ0) is 16.7. The Morgan fingerprint density at radius 1 is 1.42 bits per heavy atom. The summed E-state index contributed by atoms with van der Waals surface area (Å²) in [5.41, 5.74) is -3.41. The third-order valence-electron chi connectivity index (χ3n) is 0.854.